The molecule has 19 heavy (non-hydrogen) atoms. The molecule has 1 aromatic carbocycles. The van der Waals surface area contributed by atoms with Gasteiger partial charge in [-0.1, -0.05) is 38.1 Å². The van der Waals surface area contributed by atoms with E-state index in [-0.39, 0.29) is 0 Å². The molecule has 0 saturated heterocycles. The maximum Gasteiger partial charge on any atom is 0.00683 e. The van der Waals surface area contributed by atoms with Crippen LogP contribution in [0.2, 0.25) is 0 Å². The molecule has 1 spiro atoms. The molecule has 0 aromatic heterocycles. The first-order valence-electron chi connectivity index (χ1n) is 7.95. The van der Waals surface area contributed by atoms with Crippen LogP contribution in [0.3, 0.4) is 0 Å². The summed E-state index contributed by atoms with van der Waals surface area (Å²) in [5.74, 6) is 0.894. The van der Waals surface area contributed by atoms with E-state index in [1.165, 1.54) is 38.6 Å². The lowest BCUT2D eigenvalue weighted by atomic mass is 9.66. The topological polar surface area (TPSA) is 12.0 Å². The molecule has 0 bridgehead atoms. The van der Waals surface area contributed by atoms with Gasteiger partial charge < -0.3 is 5.32 Å². The maximum atomic E-state index is 3.74. The Hall–Kier alpha value is -0.820. The van der Waals surface area contributed by atoms with Crippen LogP contribution in [0.5, 0.6) is 0 Å². The normalized spacial score (nSPS) is 35.2. The highest BCUT2D eigenvalue weighted by atomic mass is 15.0. The number of hydrogen-bond donors (Lipinski definition) is 1. The fourth-order valence-electron chi connectivity index (χ4n) is 4.19. The molecule has 1 heteroatoms. The van der Waals surface area contributed by atoms with Crippen molar-refractivity contribution < 1.29 is 0 Å². The molecule has 102 valence electrons. The van der Waals surface area contributed by atoms with Gasteiger partial charge in [0.1, 0.15) is 0 Å². The van der Waals surface area contributed by atoms with Crippen molar-refractivity contribution in [3.8, 4) is 0 Å². The van der Waals surface area contributed by atoms with Crippen LogP contribution < -0.4 is 5.32 Å². The Kier molecular flexibility index (Phi) is 2.42. The largest absolute Gasteiger partial charge is 0.314 e. The van der Waals surface area contributed by atoms with Crippen LogP contribution >= 0.6 is 0 Å². The summed E-state index contributed by atoms with van der Waals surface area (Å²) in [4.78, 5) is 0. The SMILES string of the molecule is CC1(C)CCC2(CC2CNC2CC2)c2ccccc21. The molecule has 2 unspecified atom stereocenters. The van der Waals surface area contributed by atoms with E-state index in [9.17, 15) is 0 Å². The molecular formula is C18H25N. The lowest BCUT2D eigenvalue weighted by Crippen LogP contribution is -2.32. The molecule has 0 amide bonds. The van der Waals surface area contributed by atoms with Crippen molar-refractivity contribution in [3.05, 3.63) is 35.4 Å². The van der Waals surface area contributed by atoms with Crippen molar-refractivity contribution in [1.82, 2.24) is 5.32 Å². The second-order valence-corrected chi connectivity index (χ2v) is 7.67. The number of nitrogens with one attached hydrogen (secondary N) is 1. The first-order chi connectivity index (χ1) is 9.12. The molecule has 1 nitrogen and oxygen atoms in total. The molecule has 0 heterocycles. The summed E-state index contributed by atoms with van der Waals surface area (Å²) >= 11 is 0. The van der Waals surface area contributed by atoms with Gasteiger partial charge in [0.25, 0.3) is 0 Å². The van der Waals surface area contributed by atoms with E-state index in [0.29, 0.717) is 10.8 Å². The Morgan fingerprint density at radius 3 is 2.58 bits per heavy atom. The molecule has 2 saturated carbocycles. The van der Waals surface area contributed by atoms with Crippen LogP contribution in [0.4, 0.5) is 0 Å². The van der Waals surface area contributed by atoms with Crippen LogP contribution in [0.25, 0.3) is 0 Å². The summed E-state index contributed by atoms with van der Waals surface area (Å²) in [6, 6.07) is 10.1. The van der Waals surface area contributed by atoms with E-state index in [0.717, 1.165) is 12.0 Å². The van der Waals surface area contributed by atoms with Gasteiger partial charge in [-0.3, -0.25) is 0 Å². The average molecular weight is 255 g/mol. The average Bonchev–Trinajstić information content (AvgIpc) is 3.29. The minimum atomic E-state index is 0.374. The quantitative estimate of drug-likeness (QED) is 0.867. The number of rotatable bonds is 3. The summed E-state index contributed by atoms with van der Waals surface area (Å²) in [6.45, 7) is 6.08. The smallest absolute Gasteiger partial charge is 0.00683 e. The van der Waals surface area contributed by atoms with Gasteiger partial charge in [-0.2, -0.15) is 0 Å². The fourth-order valence-corrected chi connectivity index (χ4v) is 4.19. The molecule has 3 aliphatic carbocycles. The Balaban J connectivity index is 1.61. The van der Waals surface area contributed by atoms with Gasteiger partial charge in [-0.15, -0.1) is 0 Å². The first kappa shape index (κ1) is 12.0. The van der Waals surface area contributed by atoms with E-state index in [4.69, 9.17) is 0 Å². The van der Waals surface area contributed by atoms with Crippen LogP contribution in [-0.4, -0.2) is 12.6 Å². The molecular weight excluding hydrogens is 230 g/mol. The summed E-state index contributed by atoms with van der Waals surface area (Å²) < 4.78 is 0. The second kappa shape index (κ2) is 3.85. The predicted molar refractivity (Wildman–Crippen MR) is 79.5 cm³/mol. The lowest BCUT2D eigenvalue weighted by Gasteiger charge is -2.38. The van der Waals surface area contributed by atoms with E-state index in [2.05, 4.69) is 43.4 Å². The van der Waals surface area contributed by atoms with E-state index >= 15 is 0 Å². The van der Waals surface area contributed by atoms with Gasteiger partial charge in [0.05, 0.1) is 0 Å². The fraction of sp³-hybridized carbons (Fsp3) is 0.667. The van der Waals surface area contributed by atoms with Crippen LogP contribution in [0.15, 0.2) is 24.3 Å². The van der Waals surface area contributed by atoms with Crippen molar-refractivity contribution in [1.29, 1.82) is 0 Å². The molecule has 2 atom stereocenters. The first-order valence-corrected chi connectivity index (χ1v) is 7.95. The summed E-state index contributed by atoms with van der Waals surface area (Å²) in [7, 11) is 0. The van der Waals surface area contributed by atoms with Crippen molar-refractivity contribution in [3.63, 3.8) is 0 Å². The summed E-state index contributed by atoms with van der Waals surface area (Å²) in [5.41, 5.74) is 4.21. The standard InChI is InChI=1S/C18H25N/c1-17(2)9-10-18(16-6-4-3-5-15(16)17)11-13(18)12-19-14-7-8-14/h3-6,13-14,19H,7-12H2,1-2H3. The second-order valence-electron chi connectivity index (χ2n) is 7.67. The minimum absolute atomic E-state index is 0.374. The number of fused-ring (bicyclic) bond motifs is 2. The van der Waals surface area contributed by atoms with Crippen molar-refractivity contribution in [2.24, 2.45) is 5.92 Å². The highest BCUT2D eigenvalue weighted by molar-refractivity contribution is 5.46. The van der Waals surface area contributed by atoms with Crippen molar-refractivity contribution in [2.75, 3.05) is 6.54 Å². The van der Waals surface area contributed by atoms with Crippen LogP contribution in [0, 0.1) is 5.92 Å². The minimum Gasteiger partial charge on any atom is -0.314 e. The van der Waals surface area contributed by atoms with E-state index < -0.39 is 0 Å². The Morgan fingerprint density at radius 1 is 1.11 bits per heavy atom. The van der Waals surface area contributed by atoms with Crippen LogP contribution in [-0.2, 0) is 10.8 Å². The molecule has 1 aromatic rings. The summed E-state index contributed by atoms with van der Waals surface area (Å²) in [6.07, 6.45) is 6.98. The Labute approximate surface area is 116 Å². The van der Waals surface area contributed by atoms with Crippen molar-refractivity contribution >= 4 is 0 Å². The third-order valence-corrected chi connectivity index (χ3v) is 5.85. The number of benzene rings is 1. The summed E-state index contributed by atoms with van der Waals surface area (Å²) in [5, 5.41) is 3.74. The zero-order valence-electron chi connectivity index (χ0n) is 12.2. The van der Waals surface area contributed by atoms with Gasteiger partial charge in [0.15, 0.2) is 0 Å². The van der Waals surface area contributed by atoms with Crippen LogP contribution in [0.1, 0.15) is 57.1 Å². The highest BCUT2D eigenvalue weighted by Gasteiger charge is 2.58. The molecule has 2 fully saturated rings. The third kappa shape index (κ3) is 1.86. The van der Waals surface area contributed by atoms with E-state index in [1.807, 2.05) is 0 Å². The molecule has 4 rings (SSSR count). The molecule has 0 radical (unpaired) electrons. The Morgan fingerprint density at radius 2 is 1.84 bits per heavy atom. The molecule has 0 aliphatic heterocycles. The zero-order valence-corrected chi connectivity index (χ0v) is 12.2. The monoisotopic (exact) mass is 255 g/mol. The van der Waals surface area contributed by atoms with Gasteiger partial charge in [-0.05, 0) is 61.1 Å². The number of hydrogen-bond acceptors (Lipinski definition) is 1. The Bertz CT molecular complexity index is 500. The predicted octanol–water partition coefficient (Wildman–Crippen LogP) is 3.77. The van der Waals surface area contributed by atoms with E-state index in [1.54, 1.807) is 11.1 Å². The van der Waals surface area contributed by atoms with Gasteiger partial charge in [-0.25, -0.2) is 0 Å². The van der Waals surface area contributed by atoms with Gasteiger partial charge in [0, 0.05) is 11.5 Å². The molecule has 1 N–H and O–H groups in total. The van der Waals surface area contributed by atoms with Gasteiger partial charge >= 0.3 is 0 Å². The van der Waals surface area contributed by atoms with Gasteiger partial charge in [0.2, 0.25) is 0 Å². The third-order valence-electron chi connectivity index (χ3n) is 5.85. The van der Waals surface area contributed by atoms with Crippen molar-refractivity contribution in [2.45, 2.75) is 62.8 Å². The molecule has 3 aliphatic rings. The zero-order chi connectivity index (χ0) is 13.1. The maximum absolute atomic E-state index is 3.74. The lowest BCUT2D eigenvalue weighted by molar-refractivity contribution is 0.364. The highest BCUT2D eigenvalue weighted by Crippen LogP contribution is 2.62.